The number of pyridine rings is 3. The van der Waals surface area contributed by atoms with E-state index >= 15 is 0 Å². The van der Waals surface area contributed by atoms with Crippen molar-refractivity contribution in [3.63, 3.8) is 0 Å². The molecule has 0 aliphatic heterocycles. The molecule has 3 heterocycles. The van der Waals surface area contributed by atoms with Gasteiger partial charge in [0.05, 0.1) is 39.2 Å². The van der Waals surface area contributed by atoms with Gasteiger partial charge >= 0.3 is 7.12 Å². The van der Waals surface area contributed by atoms with Crippen molar-refractivity contribution in [1.29, 1.82) is 0 Å². The predicted molar refractivity (Wildman–Crippen MR) is 276 cm³/mol. The van der Waals surface area contributed by atoms with Crippen molar-refractivity contribution in [2.24, 2.45) is 0 Å². The zero-order chi connectivity index (χ0) is 50.8. The summed E-state index contributed by atoms with van der Waals surface area (Å²) in [6, 6.07) is 46.6. The second-order valence-electron chi connectivity index (χ2n) is 15.0. The molecule has 0 atom stereocenters. The van der Waals surface area contributed by atoms with Crippen LogP contribution < -0.4 is 5.46 Å². The summed E-state index contributed by atoms with van der Waals surface area (Å²) in [5.41, 5.74) is 3.99. The van der Waals surface area contributed by atoms with Crippen LogP contribution in [-0.2, 0) is 39.3 Å². The van der Waals surface area contributed by atoms with Gasteiger partial charge in [0.15, 0.2) is 0 Å². The van der Waals surface area contributed by atoms with Crippen LogP contribution in [0.2, 0.25) is 0 Å². The lowest BCUT2D eigenvalue weighted by atomic mass is 9.81. The minimum atomic E-state index is -3.93. The number of sulfone groups is 4. The van der Waals surface area contributed by atoms with Crippen molar-refractivity contribution >= 4 is 83.8 Å². The summed E-state index contributed by atoms with van der Waals surface area (Å²) in [6.45, 7) is 0. The SMILES string of the molecule is O=S(=O)(c1ccc(-c2ccncc2)cc1)c1cccc(S(=O)(=O)c2ccc(-c3ccncc3)cc2)c1.O=S(=O)(c1ccc(Br)cc1)c1cccc(S(=O)(=O)c2ccc(Br)cc2)c1.OB(O)c1ccncc1. The van der Waals surface area contributed by atoms with Crippen LogP contribution in [0.5, 0.6) is 0 Å². The zero-order valence-corrected chi connectivity index (χ0v) is 43.2. The van der Waals surface area contributed by atoms with Gasteiger partial charge in [-0.1, -0.05) is 68.3 Å². The molecule has 0 bridgehead atoms. The van der Waals surface area contributed by atoms with Gasteiger partial charge in [-0.2, -0.15) is 0 Å². The van der Waals surface area contributed by atoms with Gasteiger partial charge in [-0.25, -0.2) is 33.7 Å². The van der Waals surface area contributed by atoms with Crippen LogP contribution in [0.15, 0.2) is 267 Å². The van der Waals surface area contributed by atoms with E-state index in [1.165, 1.54) is 109 Å². The summed E-state index contributed by atoms with van der Waals surface area (Å²) in [6.07, 6.45) is 9.68. The molecule has 71 heavy (non-hydrogen) atoms. The molecule has 0 unspecified atom stereocenters. The summed E-state index contributed by atoms with van der Waals surface area (Å²) in [5, 5.41) is 17.1. The van der Waals surface area contributed by atoms with Crippen LogP contribution in [-0.4, -0.2) is 65.8 Å². The van der Waals surface area contributed by atoms with Crippen molar-refractivity contribution in [2.75, 3.05) is 0 Å². The molecule has 0 aliphatic rings. The molecule has 0 spiro atoms. The fraction of sp³-hybridized carbons (Fsp3) is 0. The molecule has 0 amide bonds. The molecule has 0 fully saturated rings. The first-order valence-corrected chi connectivity index (χ1v) is 28.4. The minimum Gasteiger partial charge on any atom is -0.423 e. The van der Waals surface area contributed by atoms with E-state index in [0.717, 1.165) is 31.2 Å². The zero-order valence-electron chi connectivity index (χ0n) is 36.8. The third-order valence-electron chi connectivity index (χ3n) is 10.5. The molecule has 9 rings (SSSR count). The Morgan fingerprint density at radius 2 is 0.549 bits per heavy atom. The number of nitrogens with zero attached hydrogens (tertiary/aromatic N) is 3. The fourth-order valence-corrected chi connectivity index (χ4v) is 12.6. The third kappa shape index (κ3) is 12.7. The Morgan fingerprint density at radius 1 is 0.310 bits per heavy atom. The molecule has 6 aromatic carbocycles. The number of hydrogen-bond acceptors (Lipinski definition) is 13. The molecule has 13 nitrogen and oxygen atoms in total. The molecule has 358 valence electrons. The largest absolute Gasteiger partial charge is 0.488 e. The number of hydrogen-bond donors (Lipinski definition) is 2. The van der Waals surface area contributed by atoms with E-state index in [9.17, 15) is 33.7 Å². The third-order valence-corrected chi connectivity index (χ3v) is 18.6. The van der Waals surface area contributed by atoms with E-state index in [0.29, 0.717) is 5.46 Å². The summed E-state index contributed by atoms with van der Waals surface area (Å²) in [7, 11) is -16.9. The first-order valence-electron chi connectivity index (χ1n) is 20.9. The number of benzene rings is 6. The highest BCUT2D eigenvalue weighted by atomic mass is 79.9. The quantitative estimate of drug-likeness (QED) is 0.116. The first-order chi connectivity index (χ1) is 33.9. The second kappa shape index (κ2) is 22.7. The molecule has 20 heteroatoms. The highest BCUT2D eigenvalue weighted by Gasteiger charge is 2.25. The number of aromatic nitrogens is 3. The van der Waals surface area contributed by atoms with E-state index in [2.05, 4.69) is 46.8 Å². The monoisotopic (exact) mass is 1150 g/mol. The van der Waals surface area contributed by atoms with E-state index in [1.807, 2.05) is 24.3 Å². The molecule has 3 aromatic heterocycles. The van der Waals surface area contributed by atoms with Crippen molar-refractivity contribution < 1.29 is 43.7 Å². The van der Waals surface area contributed by atoms with Crippen LogP contribution in [0.1, 0.15) is 0 Å². The van der Waals surface area contributed by atoms with Crippen LogP contribution in [0, 0.1) is 0 Å². The molecule has 0 aliphatic carbocycles. The van der Waals surface area contributed by atoms with Gasteiger partial charge in [0.2, 0.25) is 39.3 Å². The van der Waals surface area contributed by atoms with Crippen molar-refractivity contribution in [3.8, 4) is 22.3 Å². The van der Waals surface area contributed by atoms with Crippen LogP contribution in [0.4, 0.5) is 0 Å². The van der Waals surface area contributed by atoms with Crippen LogP contribution in [0.3, 0.4) is 0 Å². The van der Waals surface area contributed by atoms with Gasteiger partial charge in [-0.05, 0) is 173 Å². The van der Waals surface area contributed by atoms with Crippen LogP contribution >= 0.6 is 31.9 Å². The molecule has 0 saturated carbocycles. The van der Waals surface area contributed by atoms with Crippen LogP contribution in [0.25, 0.3) is 22.3 Å². The van der Waals surface area contributed by atoms with E-state index in [-0.39, 0.29) is 39.2 Å². The van der Waals surface area contributed by atoms with Crippen molar-refractivity contribution in [2.45, 2.75) is 39.2 Å². The molecular weight excluding hydrogens is 1110 g/mol. The highest BCUT2D eigenvalue weighted by Crippen LogP contribution is 2.31. The van der Waals surface area contributed by atoms with Gasteiger partial charge in [-0.15, -0.1) is 0 Å². The Labute approximate surface area is 428 Å². The average Bonchev–Trinajstić information content (AvgIpc) is 3.40. The number of rotatable bonds is 11. The lowest BCUT2D eigenvalue weighted by molar-refractivity contribution is 0.425. The summed E-state index contributed by atoms with van der Waals surface area (Å²) < 4.78 is 106. The average molecular weight is 1150 g/mol. The summed E-state index contributed by atoms with van der Waals surface area (Å²) >= 11 is 6.52. The normalized spacial score (nSPS) is 11.5. The molecule has 0 saturated heterocycles. The Morgan fingerprint density at radius 3 is 0.803 bits per heavy atom. The smallest absolute Gasteiger partial charge is 0.423 e. The topological polar surface area (TPSA) is 216 Å². The first kappa shape index (κ1) is 52.3. The van der Waals surface area contributed by atoms with Crippen molar-refractivity contribution in [1.82, 2.24) is 15.0 Å². The molecule has 2 N–H and O–H groups in total. The molecular formula is C51H38BBr2N3O10S4. The standard InChI is InChI=1S/C28H20N2O4S2.C18H12Br2O4S2.C5H6BNO2/c31-35(32,25-8-4-21(5-9-25)23-12-16-29-17-13-23)27-2-1-3-28(20-27)36(33,34)26-10-6-22(7-11-26)24-14-18-30-19-15-24;19-13-4-8-15(9-5-13)25(21,22)17-2-1-3-18(12-17)26(23,24)16-10-6-14(20)7-11-16;8-6(9)5-1-3-7-4-2-5/h1-20H;1-12H;1-4,8-9H. The predicted octanol–water partition coefficient (Wildman–Crippen LogP) is 9.11. The summed E-state index contributed by atoms with van der Waals surface area (Å²) in [4.78, 5) is 11.7. The fourth-order valence-electron chi connectivity index (χ4n) is 6.67. The Balaban J connectivity index is 0.000000184. The van der Waals surface area contributed by atoms with Gasteiger partial charge in [0, 0.05) is 46.1 Å². The van der Waals surface area contributed by atoms with E-state index < -0.39 is 46.5 Å². The van der Waals surface area contributed by atoms with Gasteiger partial charge < -0.3 is 10.0 Å². The Bertz CT molecular complexity index is 3500. The van der Waals surface area contributed by atoms with Crippen molar-refractivity contribution in [3.05, 3.63) is 228 Å². The van der Waals surface area contributed by atoms with Gasteiger partial charge in [0.25, 0.3) is 0 Å². The molecule has 9 aromatic rings. The summed E-state index contributed by atoms with van der Waals surface area (Å²) in [5.74, 6) is 0. The van der Waals surface area contributed by atoms with Gasteiger partial charge in [-0.3, -0.25) is 15.0 Å². The van der Waals surface area contributed by atoms with Gasteiger partial charge in [0.1, 0.15) is 0 Å². The lowest BCUT2D eigenvalue weighted by Crippen LogP contribution is -2.29. The Kier molecular flexibility index (Phi) is 16.8. The second-order valence-corrected chi connectivity index (χ2v) is 24.7. The maximum atomic E-state index is 13.3. The Hall–Kier alpha value is -6.49. The highest BCUT2D eigenvalue weighted by molar-refractivity contribution is 9.10. The van der Waals surface area contributed by atoms with E-state index in [4.69, 9.17) is 10.0 Å². The van der Waals surface area contributed by atoms with E-state index in [1.54, 1.807) is 85.5 Å². The lowest BCUT2D eigenvalue weighted by Gasteiger charge is -2.10. The maximum Gasteiger partial charge on any atom is 0.488 e. The number of halogens is 2. The molecule has 0 radical (unpaired) electrons. The maximum absolute atomic E-state index is 13.3. The minimum absolute atomic E-state index is 0.0713.